The largest absolute Gasteiger partial charge is 0.350 e. The number of nitrogens with one attached hydrogen (secondary N) is 1. The number of nitrogens with zero attached hydrogens (tertiary/aromatic N) is 1. The summed E-state index contributed by atoms with van der Waals surface area (Å²) in [7, 11) is -3.23. The van der Waals surface area contributed by atoms with Crippen LogP contribution in [0, 0.1) is 0 Å². The molecule has 0 spiro atoms. The molecule has 3 rings (SSSR count). The summed E-state index contributed by atoms with van der Waals surface area (Å²) in [4.78, 5) is 12.4. The van der Waals surface area contributed by atoms with Crippen LogP contribution in [-0.2, 0) is 16.4 Å². The lowest BCUT2D eigenvalue weighted by Crippen LogP contribution is -2.38. The van der Waals surface area contributed by atoms with Gasteiger partial charge in [-0.15, -0.1) is 0 Å². The maximum absolute atomic E-state index is 12.4. The van der Waals surface area contributed by atoms with Crippen LogP contribution in [0.25, 0.3) is 0 Å². The molecule has 0 bridgehead atoms. The van der Waals surface area contributed by atoms with Crippen LogP contribution in [0.1, 0.15) is 42.1 Å². The lowest BCUT2D eigenvalue weighted by molar-refractivity contribution is 0.0938. The van der Waals surface area contributed by atoms with Crippen molar-refractivity contribution in [3.05, 3.63) is 65.7 Å². The van der Waals surface area contributed by atoms with E-state index in [1.807, 2.05) is 25.1 Å². The molecular formula is C21H26N2O3S. The first-order valence-corrected chi connectivity index (χ1v) is 11.0. The van der Waals surface area contributed by atoms with Crippen molar-refractivity contribution in [3.63, 3.8) is 0 Å². The topological polar surface area (TPSA) is 66.5 Å². The van der Waals surface area contributed by atoms with Crippen molar-refractivity contribution >= 4 is 21.6 Å². The van der Waals surface area contributed by atoms with Gasteiger partial charge in [-0.2, -0.15) is 0 Å². The highest BCUT2D eigenvalue weighted by molar-refractivity contribution is 7.92. The minimum absolute atomic E-state index is 0.0554. The van der Waals surface area contributed by atoms with E-state index < -0.39 is 10.0 Å². The highest BCUT2D eigenvalue weighted by Crippen LogP contribution is 2.23. The molecule has 0 aliphatic carbocycles. The molecule has 0 unspecified atom stereocenters. The van der Waals surface area contributed by atoms with E-state index in [9.17, 15) is 13.2 Å². The molecule has 2 aromatic rings. The third-order valence-electron chi connectivity index (χ3n) is 4.85. The number of amides is 1. The molecule has 1 heterocycles. The molecule has 0 saturated carbocycles. The smallest absolute Gasteiger partial charge is 0.251 e. The molecular weight excluding hydrogens is 360 g/mol. The molecule has 1 amide bonds. The molecule has 0 aromatic heterocycles. The number of rotatable bonds is 6. The highest BCUT2D eigenvalue weighted by Gasteiger charge is 2.26. The van der Waals surface area contributed by atoms with Gasteiger partial charge in [0.15, 0.2) is 0 Å². The van der Waals surface area contributed by atoms with Gasteiger partial charge in [0.25, 0.3) is 5.91 Å². The average molecular weight is 387 g/mol. The standard InChI is InChI=1S/C21H26N2O3S/c1-17(9-10-18-7-3-2-4-8-18)22-21(24)19-11-13-20(14-12-19)23-15-5-6-16-27(23,25)26/h2-4,7-8,11-14,17H,5-6,9-10,15-16H2,1H3,(H,22,24)/t17-/m0/s1. The van der Waals surface area contributed by atoms with Crippen LogP contribution in [0.2, 0.25) is 0 Å². The quantitative estimate of drug-likeness (QED) is 0.828. The van der Waals surface area contributed by atoms with E-state index in [4.69, 9.17) is 0 Å². The number of hydrogen-bond acceptors (Lipinski definition) is 3. The lowest BCUT2D eigenvalue weighted by atomic mass is 10.1. The second-order valence-electron chi connectivity index (χ2n) is 7.04. The third-order valence-corrected chi connectivity index (χ3v) is 6.72. The minimum Gasteiger partial charge on any atom is -0.350 e. The molecule has 1 atom stereocenters. The molecule has 1 N–H and O–H groups in total. The Morgan fingerprint density at radius 3 is 2.44 bits per heavy atom. The fraction of sp³-hybridized carbons (Fsp3) is 0.381. The number of benzene rings is 2. The maximum atomic E-state index is 12.4. The second kappa shape index (κ2) is 8.57. The zero-order valence-electron chi connectivity index (χ0n) is 15.6. The first-order chi connectivity index (χ1) is 13.0. The van der Waals surface area contributed by atoms with Crippen molar-refractivity contribution in [2.24, 2.45) is 0 Å². The van der Waals surface area contributed by atoms with E-state index in [1.54, 1.807) is 24.3 Å². The first kappa shape index (κ1) is 19.4. The van der Waals surface area contributed by atoms with Gasteiger partial charge >= 0.3 is 0 Å². The number of aryl methyl sites for hydroxylation is 1. The van der Waals surface area contributed by atoms with E-state index in [0.717, 1.165) is 19.3 Å². The zero-order chi connectivity index (χ0) is 19.3. The Morgan fingerprint density at radius 1 is 1.07 bits per heavy atom. The predicted molar refractivity (Wildman–Crippen MR) is 109 cm³/mol. The molecule has 1 aliphatic rings. The second-order valence-corrected chi connectivity index (χ2v) is 9.05. The highest BCUT2D eigenvalue weighted by atomic mass is 32.2. The molecule has 27 heavy (non-hydrogen) atoms. The van der Waals surface area contributed by atoms with Gasteiger partial charge in [-0.25, -0.2) is 8.42 Å². The van der Waals surface area contributed by atoms with Crippen molar-refractivity contribution in [2.45, 2.75) is 38.6 Å². The van der Waals surface area contributed by atoms with Gasteiger partial charge in [-0.1, -0.05) is 30.3 Å². The summed E-state index contributed by atoms with van der Waals surface area (Å²) in [5, 5.41) is 3.01. The van der Waals surface area contributed by atoms with Crippen LogP contribution < -0.4 is 9.62 Å². The van der Waals surface area contributed by atoms with E-state index in [1.165, 1.54) is 9.87 Å². The number of carbonyl (C=O) groups is 1. The van der Waals surface area contributed by atoms with Gasteiger partial charge in [-0.3, -0.25) is 9.10 Å². The van der Waals surface area contributed by atoms with Crippen LogP contribution >= 0.6 is 0 Å². The average Bonchev–Trinajstić information content (AvgIpc) is 2.67. The van der Waals surface area contributed by atoms with Crippen molar-refractivity contribution in [3.8, 4) is 0 Å². The van der Waals surface area contributed by atoms with Crippen molar-refractivity contribution in [2.75, 3.05) is 16.6 Å². The molecule has 6 heteroatoms. The summed E-state index contributed by atoms with van der Waals surface area (Å²) >= 11 is 0. The van der Waals surface area contributed by atoms with Gasteiger partial charge < -0.3 is 5.32 Å². The van der Waals surface area contributed by atoms with Crippen LogP contribution in [-0.4, -0.2) is 32.7 Å². The fourth-order valence-electron chi connectivity index (χ4n) is 3.27. The van der Waals surface area contributed by atoms with Gasteiger partial charge in [-0.05, 0) is 62.4 Å². The normalized spacial score (nSPS) is 17.3. The van der Waals surface area contributed by atoms with Crippen molar-refractivity contribution < 1.29 is 13.2 Å². The van der Waals surface area contributed by atoms with Crippen molar-refractivity contribution in [1.29, 1.82) is 0 Å². The minimum atomic E-state index is -3.23. The third kappa shape index (κ3) is 5.10. The number of anilines is 1. The fourth-order valence-corrected chi connectivity index (χ4v) is 4.90. The summed E-state index contributed by atoms with van der Waals surface area (Å²) in [6.07, 6.45) is 3.34. The molecule has 5 nitrogen and oxygen atoms in total. The van der Waals surface area contributed by atoms with Gasteiger partial charge in [0, 0.05) is 18.2 Å². The monoisotopic (exact) mass is 386 g/mol. The Labute approximate surface area is 161 Å². The SMILES string of the molecule is C[C@@H](CCc1ccccc1)NC(=O)c1ccc(N2CCCCS2(=O)=O)cc1. The molecule has 1 saturated heterocycles. The molecule has 2 aromatic carbocycles. The summed E-state index contributed by atoms with van der Waals surface area (Å²) < 4.78 is 25.8. The van der Waals surface area contributed by atoms with E-state index in [2.05, 4.69) is 17.4 Å². The van der Waals surface area contributed by atoms with Crippen LogP contribution in [0.5, 0.6) is 0 Å². The van der Waals surface area contributed by atoms with Gasteiger partial charge in [0.2, 0.25) is 10.0 Å². The van der Waals surface area contributed by atoms with Crippen LogP contribution in [0.3, 0.4) is 0 Å². The molecule has 1 aliphatic heterocycles. The Morgan fingerprint density at radius 2 is 1.78 bits per heavy atom. The zero-order valence-corrected chi connectivity index (χ0v) is 16.4. The van der Waals surface area contributed by atoms with E-state index >= 15 is 0 Å². The Kier molecular flexibility index (Phi) is 6.16. The number of carbonyl (C=O) groups excluding carboxylic acids is 1. The molecule has 0 radical (unpaired) electrons. The van der Waals surface area contributed by atoms with Crippen LogP contribution in [0.4, 0.5) is 5.69 Å². The first-order valence-electron chi connectivity index (χ1n) is 9.41. The summed E-state index contributed by atoms with van der Waals surface area (Å²) in [5.74, 6) is 0.0531. The van der Waals surface area contributed by atoms with Crippen LogP contribution in [0.15, 0.2) is 54.6 Å². The van der Waals surface area contributed by atoms with Crippen molar-refractivity contribution in [1.82, 2.24) is 5.32 Å². The van der Waals surface area contributed by atoms with Gasteiger partial charge in [0.1, 0.15) is 0 Å². The Balaban J connectivity index is 1.57. The summed E-state index contributed by atoms with van der Waals surface area (Å²) in [6, 6.07) is 17.1. The Bertz CT molecular complexity index is 864. The molecule has 1 fully saturated rings. The maximum Gasteiger partial charge on any atom is 0.251 e. The van der Waals surface area contributed by atoms with E-state index in [-0.39, 0.29) is 17.7 Å². The van der Waals surface area contributed by atoms with Gasteiger partial charge in [0.05, 0.1) is 11.4 Å². The number of sulfonamides is 1. The summed E-state index contributed by atoms with van der Waals surface area (Å²) in [5.41, 5.74) is 2.42. The lowest BCUT2D eigenvalue weighted by Gasteiger charge is -2.28. The molecule has 144 valence electrons. The van der Waals surface area contributed by atoms with E-state index in [0.29, 0.717) is 24.2 Å². The summed E-state index contributed by atoms with van der Waals surface area (Å²) in [6.45, 7) is 2.50. The Hall–Kier alpha value is -2.34. The predicted octanol–water partition coefficient (Wildman–Crippen LogP) is 3.37. The number of hydrogen-bond donors (Lipinski definition) is 1.